The minimum atomic E-state index is -0.950. The molecule has 1 saturated carbocycles. The van der Waals surface area contributed by atoms with E-state index in [9.17, 15) is 23.9 Å². The molecule has 2 unspecified atom stereocenters. The quantitative estimate of drug-likeness (QED) is 0.407. The number of amides is 2. The van der Waals surface area contributed by atoms with Crippen molar-refractivity contribution in [3.8, 4) is 0 Å². The standard InChI is InChI=1S/C24H29FN4O4/c1-12-10-15(6-7-16(12)25)27-20(31)17-13(2)18(29(5)14(17)3)19(30)21(32)28-23(4)22(33)26-11-24(23)8-9-24/h6-7,10,22,26,33H,8-9,11H2,1-5H3,(H,27,31)(H,28,32). The molecule has 2 fully saturated rings. The maximum atomic E-state index is 13.5. The number of aliphatic hydroxyl groups excluding tert-OH is 1. The zero-order chi connectivity index (χ0) is 24.3. The van der Waals surface area contributed by atoms with E-state index in [-0.39, 0.29) is 22.5 Å². The van der Waals surface area contributed by atoms with Crippen LogP contribution in [0.15, 0.2) is 18.2 Å². The summed E-state index contributed by atoms with van der Waals surface area (Å²) in [7, 11) is 1.62. The Kier molecular flexibility index (Phi) is 5.45. The van der Waals surface area contributed by atoms with Crippen LogP contribution in [0, 0.1) is 32.0 Å². The van der Waals surface area contributed by atoms with E-state index in [1.165, 1.54) is 22.8 Å². The third kappa shape index (κ3) is 3.55. The number of nitrogens with zero attached hydrogens (tertiary/aromatic N) is 1. The Bertz CT molecular complexity index is 1180. The van der Waals surface area contributed by atoms with Crippen LogP contribution in [0.5, 0.6) is 0 Å². The van der Waals surface area contributed by atoms with E-state index in [1.54, 1.807) is 34.7 Å². The van der Waals surface area contributed by atoms with Crippen molar-refractivity contribution < 1.29 is 23.9 Å². The van der Waals surface area contributed by atoms with Crippen LogP contribution < -0.4 is 16.0 Å². The van der Waals surface area contributed by atoms with Gasteiger partial charge in [0.2, 0.25) is 0 Å². The van der Waals surface area contributed by atoms with Gasteiger partial charge in [-0.2, -0.15) is 0 Å². The van der Waals surface area contributed by atoms with E-state index in [0.29, 0.717) is 29.1 Å². The third-order valence-electron chi connectivity index (χ3n) is 7.50. The number of ketones is 1. The highest BCUT2D eigenvalue weighted by Gasteiger charge is 2.64. The normalized spacial score (nSPS) is 22.9. The van der Waals surface area contributed by atoms with E-state index in [4.69, 9.17) is 0 Å². The average Bonchev–Trinajstić information content (AvgIpc) is 3.47. The highest BCUT2D eigenvalue weighted by Crippen LogP contribution is 2.57. The molecule has 2 aromatic rings. The fourth-order valence-electron chi connectivity index (χ4n) is 4.97. The molecule has 2 atom stereocenters. The van der Waals surface area contributed by atoms with E-state index in [1.807, 2.05) is 0 Å². The number of aliphatic hydroxyl groups is 1. The number of aryl methyl sites for hydroxylation is 1. The molecule has 1 aromatic carbocycles. The summed E-state index contributed by atoms with van der Waals surface area (Å²) in [6, 6.07) is 4.26. The molecular weight excluding hydrogens is 427 g/mol. The molecule has 2 amide bonds. The van der Waals surface area contributed by atoms with Crippen molar-refractivity contribution in [2.45, 2.75) is 52.3 Å². The summed E-state index contributed by atoms with van der Waals surface area (Å²) >= 11 is 0. The van der Waals surface area contributed by atoms with Crippen LogP contribution in [0.3, 0.4) is 0 Å². The summed E-state index contributed by atoms with van der Waals surface area (Å²) in [6.07, 6.45) is 0.767. The van der Waals surface area contributed by atoms with Crippen molar-refractivity contribution >= 4 is 23.3 Å². The number of aromatic nitrogens is 1. The van der Waals surface area contributed by atoms with E-state index in [0.717, 1.165) is 12.8 Å². The van der Waals surface area contributed by atoms with Gasteiger partial charge in [0.15, 0.2) is 0 Å². The van der Waals surface area contributed by atoms with Crippen molar-refractivity contribution in [1.82, 2.24) is 15.2 Å². The number of hydrogen-bond acceptors (Lipinski definition) is 5. The SMILES string of the molecule is Cc1cc(NC(=O)c2c(C)c(C(=O)C(=O)NC3(C)C(O)NCC34CC4)n(C)c2C)ccc1F. The van der Waals surface area contributed by atoms with Crippen LogP contribution in [0.4, 0.5) is 10.1 Å². The summed E-state index contributed by atoms with van der Waals surface area (Å²) in [4.78, 5) is 39.2. The molecule has 176 valence electrons. The molecule has 1 saturated heterocycles. The van der Waals surface area contributed by atoms with Crippen LogP contribution in [0.1, 0.15) is 57.4 Å². The minimum absolute atomic E-state index is 0.110. The number of carbonyl (C=O) groups excluding carboxylic acids is 3. The molecule has 4 rings (SSSR count). The van der Waals surface area contributed by atoms with Gasteiger partial charge in [0, 0.05) is 30.4 Å². The fourth-order valence-corrected chi connectivity index (χ4v) is 4.97. The number of halogens is 1. The summed E-state index contributed by atoms with van der Waals surface area (Å²) in [5, 5.41) is 18.9. The zero-order valence-corrected chi connectivity index (χ0v) is 19.4. The maximum absolute atomic E-state index is 13.5. The molecule has 1 aliphatic heterocycles. The molecule has 4 N–H and O–H groups in total. The van der Waals surface area contributed by atoms with Gasteiger partial charge in [0.25, 0.3) is 17.6 Å². The van der Waals surface area contributed by atoms with Gasteiger partial charge in [-0.3, -0.25) is 19.7 Å². The Morgan fingerprint density at radius 1 is 1.21 bits per heavy atom. The van der Waals surface area contributed by atoms with Gasteiger partial charge in [0.05, 0.1) is 16.8 Å². The smallest absolute Gasteiger partial charge is 0.294 e. The number of Topliss-reactive ketones (excluding diaryl/α,β-unsaturated/α-hetero) is 1. The first-order valence-electron chi connectivity index (χ1n) is 10.9. The van der Waals surface area contributed by atoms with Crippen LogP contribution >= 0.6 is 0 Å². The van der Waals surface area contributed by atoms with Crippen LogP contribution in [-0.2, 0) is 11.8 Å². The molecule has 1 aromatic heterocycles. The van der Waals surface area contributed by atoms with Crippen molar-refractivity contribution in [2.75, 3.05) is 11.9 Å². The third-order valence-corrected chi connectivity index (χ3v) is 7.50. The molecule has 0 radical (unpaired) electrons. The van der Waals surface area contributed by atoms with Gasteiger partial charge >= 0.3 is 0 Å². The van der Waals surface area contributed by atoms with Crippen LogP contribution in [0.25, 0.3) is 0 Å². The second-order valence-corrected chi connectivity index (χ2v) is 9.46. The average molecular weight is 457 g/mol. The molecule has 0 bridgehead atoms. The summed E-state index contributed by atoms with van der Waals surface area (Å²) in [5.41, 5.74) is 0.913. The van der Waals surface area contributed by atoms with E-state index in [2.05, 4.69) is 16.0 Å². The molecule has 33 heavy (non-hydrogen) atoms. The molecule has 8 nitrogen and oxygen atoms in total. The summed E-state index contributed by atoms with van der Waals surface area (Å²) in [5.74, 6) is -2.42. The molecule has 2 aliphatic rings. The zero-order valence-electron chi connectivity index (χ0n) is 19.4. The predicted octanol–water partition coefficient (Wildman–Crippen LogP) is 2.10. The van der Waals surface area contributed by atoms with Crippen molar-refractivity contribution in [1.29, 1.82) is 0 Å². The number of hydrogen-bond donors (Lipinski definition) is 4. The van der Waals surface area contributed by atoms with Gasteiger partial charge in [-0.1, -0.05) is 0 Å². The molecular formula is C24H29FN4O4. The number of benzene rings is 1. The second-order valence-electron chi connectivity index (χ2n) is 9.46. The highest BCUT2D eigenvalue weighted by molar-refractivity contribution is 6.43. The topological polar surface area (TPSA) is 112 Å². The molecule has 1 aliphatic carbocycles. The van der Waals surface area contributed by atoms with Crippen LogP contribution in [0.2, 0.25) is 0 Å². The number of carbonyl (C=O) groups is 3. The van der Waals surface area contributed by atoms with Gasteiger partial charge in [-0.05, 0) is 69.9 Å². The lowest BCUT2D eigenvalue weighted by Crippen LogP contribution is -2.59. The Labute approximate surface area is 191 Å². The van der Waals surface area contributed by atoms with Gasteiger partial charge < -0.3 is 20.3 Å². The minimum Gasteiger partial charge on any atom is -0.376 e. The Hall–Kier alpha value is -3.04. The predicted molar refractivity (Wildman–Crippen MR) is 121 cm³/mol. The Balaban J connectivity index is 1.59. The van der Waals surface area contributed by atoms with Crippen LogP contribution in [-0.4, -0.2) is 45.6 Å². The Morgan fingerprint density at radius 2 is 1.88 bits per heavy atom. The Morgan fingerprint density at radius 3 is 2.48 bits per heavy atom. The van der Waals surface area contributed by atoms with Gasteiger partial charge in [-0.25, -0.2) is 4.39 Å². The van der Waals surface area contributed by atoms with Crippen molar-refractivity contribution in [3.63, 3.8) is 0 Å². The van der Waals surface area contributed by atoms with Crippen molar-refractivity contribution in [3.05, 3.63) is 52.1 Å². The largest absolute Gasteiger partial charge is 0.376 e. The highest BCUT2D eigenvalue weighted by atomic mass is 19.1. The van der Waals surface area contributed by atoms with Gasteiger partial charge in [0.1, 0.15) is 12.0 Å². The summed E-state index contributed by atoms with van der Waals surface area (Å²) < 4.78 is 15.1. The molecule has 1 spiro atoms. The lowest BCUT2D eigenvalue weighted by molar-refractivity contribution is -0.121. The number of rotatable bonds is 5. The molecule has 9 heteroatoms. The summed E-state index contributed by atoms with van der Waals surface area (Å²) in [6.45, 7) is 7.24. The lowest BCUT2D eigenvalue weighted by Gasteiger charge is -2.34. The van der Waals surface area contributed by atoms with E-state index >= 15 is 0 Å². The first kappa shape index (κ1) is 23.1. The first-order chi connectivity index (χ1) is 15.4. The molecule has 2 heterocycles. The van der Waals surface area contributed by atoms with Crippen molar-refractivity contribution in [2.24, 2.45) is 12.5 Å². The number of nitrogens with one attached hydrogen (secondary N) is 3. The first-order valence-corrected chi connectivity index (χ1v) is 10.9. The fraction of sp³-hybridized carbons (Fsp3) is 0.458. The van der Waals surface area contributed by atoms with Gasteiger partial charge in [-0.15, -0.1) is 0 Å². The second kappa shape index (κ2) is 7.78. The number of anilines is 1. The van der Waals surface area contributed by atoms with E-state index < -0.39 is 29.4 Å². The maximum Gasteiger partial charge on any atom is 0.294 e. The monoisotopic (exact) mass is 456 g/mol. The lowest BCUT2D eigenvalue weighted by atomic mass is 9.84.